The van der Waals surface area contributed by atoms with Gasteiger partial charge in [0.05, 0.1) is 13.2 Å². The van der Waals surface area contributed by atoms with E-state index in [1.54, 1.807) is 14.2 Å². The number of aliphatic carboxylic acids is 1. The number of rotatable bonds is 4. The predicted octanol–water partition coefficient (Wildman–Crippen LogP) is 4.78. The van der Waals surface area contributed by atoms with E-state index in [1.165, 1.54) is 11.1 Å². The Labute approximate surface area is 146 Å². The number of carboxylic acids is 1. The monoisotopic (exact) mass is 334 g/mol. The highest BCUT2D eigenvalue weighted by molar-refractivity contribution is 5.62. The molecule has 0 atom stereocenters. The zero-order valence-corrected chi connectivity index (χ0v) is 15.4. The van der Waals surface area contributed by atoms with E-state index in [1.807, 2.05) is 74.5 Å². The van der Waals surface area contributed by atoms with E-state index in [9.17, 15) is 0 Å². The molecule has 0 aliphatic rings. The molecule has 4 heteroatoms. The van der Waals surface area contributed by atoms with Crippen molar-refractivity contribution < 1.29 is 19.4 Å². The molecule has 0 heterocycles. The minimum Gasteiger partial charge on any atom is -0.481 e. The Morgan fingerprint density at radius 2 is 1.04 bits per heavy atom. The molecule has 0 aromatic heterocycles. The number of benzene rings is 2. The molecular weight excluding hydrogens is 304 g/mol. The third-order valence-corrected chi connectivity index (χ3v) is 2.31. The molecular formula is C20H30O4. The van der Waals surface area contributed by atoms with E-state index in [2.05, 4.69) is 0 Å². The van der Waals surface area contributed by atoms with E-state index in [4.69, 9.17) is 19.4 Å². The fourth-order valence-corrected chi connectivity index (χ4v) is 1.48. The van der Waals surface area contributed by atoms with Crippen LogP contribution in [0.3, 0.4) is 0 Å². The lowest BCUT2D eigenvalue weighted by molar-refractivity contribution is -0.134. The minimum atomic E-state index is -0.833. The van der Waals surface area contributed by atoms with Gasteiger partial charge < -0.3 is 14.6 Å². The fourth-order valence-electron chi connectivity index (χ4n) is 1.48. The Balaban J connectivity index is 0. The molecule has 0 saturated carbocycles. The highest BCUT2D eigenvalue weighted by Gasteiger charge is 1.85. The summed E-state index contributed by atoms with van der Waals surface area (Å²) in [6.07, 6.45) is 0. The molecule has 0 fully saturated rings. The van der Waals surface area contributed by atoms with Crippen molar-refractivity contribution in [3.8, 4) is 0 Å². The van der Waals surface area contributed by atoms with Crippen LogP contribution in [0.4, 0.5) is 0 Å². The molecule has 2 aromatic rings. The van der Waals surface area contributed by atoms with Crippen LogP contribution in [0.1, 0.15) is 31.9 Å². The molecule has 0 radical (unpaired) electrons. The van der Waals surface area contributed by atoms with Gasteiger partial charge in [-0.05, 0) is 11.1 Å². The number of carboxylic acid groups (broad SMARTS) is 1. The topological polar surface area (TPSA) is 55.8 Å². The molecule has 0 saturated heterocycles. The maximum atomic E-state index is 9.00. The first-order valence-corrected chi connectivity index (χ1v) is 7.85. The maximum Gasteiger partial charge on any atom is 0.300 e. The number of hydrogen-bond acceptors (Lipinski definition) is 3. The Kier molecular flexibility index (Phi) is 18.9. The van der Waals surface area contributed by atoms with Crippen molar-refractivity contribution in [2.24, 2.45) is 0 Å². The van der Waals surface area contributed by atoms with Gasteiger partial charge in [-0.15, -0.1) is 0 Å². The number of carbonyl (C=O) groups is 1. The molecule has 0 aliphatic heterocycles. The molecule has 0 amide bonds. The minimum absolute atomic E-state index is 0.709. The first kappa shape index (κ1) is 24.1. The zero-order valence-electron chi connectivity index (χ0n) is 15.4. The lowest BCUT2D eigenvalue weighted by Gasteiger charge is -1.95. The second-order valence-electron chi connectivity index (χ2n) is 4.36. The molecule has 2 aromatic carbocycles. The maximum absolute atomic E-state index is 9.00. The average molecular weight is 334 g/mol. The van der Waals surface area contributed by atoms with E-state index in [0.29, 0.717) is 13.2 Å². The second kappa shape index (κ2) is 18.9. The third kappa shape index (κ3) is 17.9. The van der Waals surface area contributed by atoms with Gasteiger partial charge in [-0.3, -0.25) is 4.79 Å². The van der Waals surface area contributed by atoms with Crippen LogP contribution >= 0.6 is 0 Å². The molecule has 0 aliphatic carbocycles. The predicted molar refractivity (Wildman–Crippen MR) is 99.0 cm³/mol. The SMILES string of the molecule is CC.CC(=O)O.COCc1ccccc1.COCc1ccccc1. The van der Waals surface area contributed by atoms with Gasteiger partial charge in [-0.1, -0.05) is 74.5 Å². The van der Waals surface area contributed by atoms with Crippen LogP contribution in [0.25, 0.3) is 0 Å². The number of methoxy groups -OCH3 is 2. The molecule has 2 rings (SSSR count). The van der Waals surface area contributed by atoms with Crippen molar-refractivity contribution in [1.29, 1.82) is 0 Å². The number of hydrogen-bond donors (Lipinski definition) is 1. The van der Waals surface area contributed by atoms with Gasteiger partial charge >= 0.3 is 0 Å². The van der Waals surface area contributed by atoms with Gasteiger partial charge in [-0.25, -0.2) is 0 Å². The Morgan fingerprint density at radius 1 is 0.792 bits per heavy atom. The lowest BCUT2D eigenvalue weighted by atomic mass is 10.2. The van der Waals surface area contributed by atoms with Gasteiger partial charge in [0.15, 0.2) is 0 Å². The number of ether oxygens (including phenoxy) is 2. The Hall–Kier alpha value is -2.17. The summed E-state index contributed by atoms with van der Waals surface area (Å²) >= 11 is 0. The summed E-state index contributed by atoms with van der Waals surface area (Å²) in [5.41, 5.74) is 2.44. The molecule has 24 heavy (non-hydrogen) atoms. The lowest BCUT2D eigenvalue weighted by Crippen LogP contribution is -1.84. The fraction of sp³-hybridized carbons (Fsp3) is 0.350. The smallest absolute Gasteiger partial charge is 0.300 e. The zero-order chi connectivity index (χ0) is 18.6. The van der Waals surface area contributed by atoms with Crippen LogP contribution in [0.5, 0.6) is 0 Å². The van der Waals surface area contributed by atoms with Crippen molar-refractivity contribution >= 4 is 5.97 Å². The Morgan fingerprint density at radius 3 is 1.25 bits per heavy atom. The van der Waals surface area contributed by atoms with E-state index in [0.717, 1.165) is 6.92 Å². The largest absolute Gasteiger partial charge is 0.481 e. The van der Waals surface area contributed by atoms with E-state index in [-0.39, 0.29) is 0 Å². The van der Waals surface area contributed by atoms with Crippen molar-refractivity contribution in [3.05, 3.63) is 71.8 Å². The van der Waals surface area contributed by atoms with Crippen LogP contribution in [-0.4, -0.2) is 25.3 Å². The van der Waals surface area contributed by atoms with Crippen molar-refractivity contribution in [3.63, 3.8) is 0 Å². The molecule has 134 valence electrons. The average Bonchev–Trinajstić information content (AvgIpc) is 2.59. The highest BCUT2D eigenvalue weighted by atomic mass is 16.5. The van der Waals surface area contributed by atoms with Crippen molar-refractivity contribution in [2.45, 2.75) is 34.0 Å². The molecule has 0 bridgehead atoms. The third-order valence-electron chi connectivity index (χ3n) is 2.31. The summed E-state index contributed by atoms with van der Waals surface area (Å²) in [5, 5.41) is 7.42. The summed E-state index contributed by atoms with van der Waals surface area (Å²) in [5.74, 6) is -0.833. The van der Waals surface area contributed by atoms with Gasteiger partial charge in [0.1, 0.15) is 0 Å². The summed E-state index contributed by atoms with van der Waals surface area (Å²) in [6.45, 7) is 6.50. The molecule has 4 nitrogen and oxygen atoms in total. The summed E-state index contributed by atoms with van der Waals surface area (Å²) < 4.78 is 9.86. The van der Waals surface area contributed by atoms with Gasteiger partial charge in [0.25, 0.3) is 5.97 Å². The highest BCUT2D eigenvalue weighted by Crippen LogP contribution is 1.98. The second-order valence-corrected chi connectivity index (χ2v) is 4.36. The van der Waals surface area contributed by atoms with Gasteiger partial charge in [-0.2, -0.15) is 0 Å². The van der Waals surface area contributed by atoms with Crippen LogP contribution in [0.2, 0.25) is 0 Å². The summed E-state index contributed by atoms with van der Waals surface area (Å²) in [6, 6.07) is 20.2. The van der Waals surface area contributed by atoms with Crippen LogP contribution in [0, 0.1) is 0 Å². The van der Waals surface area contributed by atoms with Crippen LogP contribution < -0.4 is 0 Å². The summed E-state index contributed by atoms with van der Waals surface area (Å²) in [7, 11) is 3.40. The molecule has 0 unspecified atom stereocenters. The first-order valence-electron chi connectivity index (χ1n) is 7.85. The Bertz CT molecular complexity index is 438. The first-order chi connectivity index (χ1) is 11.6. The van der Waals surface area contributed by atoms with Gasteiger partial charge in [0, 0.05) is 21.1 Å². The standard InChI is InChI=1S/2C8H10O.C2H4O2.C2H6/c2*1-9-7-8-5-3-2-4-6-8;1-2(3)4;1-2/h2*2-6H,7H2,1H3;1H3,(H,3,4);1-2H3. The van der Waals surface area contributed by atoms with Crippen LogP contribution in [-0.2, 0) is 27.5 Å². The van der Waals surface area contributed by atoms with Crippen molar-refractivity contribution in [1.82, 2.24) is 0 Å². The van der Waals surface area contributed by atoms with Crippen LogP contribution in [0.15, 0.2) is 60.7 Å². The van der Waals surface area contributed by atoms with Crippen molar-refractivity contribution in [2.75, 3.05) is 14.2 Å². The van der Waals surface area contributed by atoms with E-state index < -0.39 is 5.97 Å². The van der Waals surface area contributed by atoms with E-state index >= 15 is 0 Å². The normalized spacial score (nSPS) is 8.38. The van der Waals surface area contributed by atoms with Gasteiger partial charge in [0.2, 0.25) is 0 Å². The molecule has 0 spiro atoms. The molecule has 1 N–H and O–H groups in total. The quantitative estimate of drug-likeness (QED) is 0.874. The summed E-state index contributed by atoms with van der Waals surface area (Å²) in [4.78, 5) is 9.00.